The van der Waals surface area contributed by atoms with Crippen molar-refractivity contribution in [3.8, 4) is 5.75 Å². The third-order valence-corrected chi connectivity index (χ3v) is 6.03. The average Bonchev–Trinajstić information content (AvgIpc) is 2.92. The van der Waals surface area contributed by atoms with E-state index in [1.807, 2.05) is 0 Å². The number of ether oxygens (including phenoxy) is 2. The van der Waals surface area contributed by atoms with Crippen molar-refractivity contribution in [1.82, 2.24) is 4.31 Å². The van der Waals surface area contributed by atoms with Crippen LogP contribution >= 0.6 is 23.2 Å². The summed E-state index contributed by atoms with van der Waals surface area (Å²) in [6.07, 6.45) is -1.13. The normalized spacial score (nSPS) is 16.6. The molecule has 0 amide bonds. The molecule has 1 heterocycles. The van der Waals surface area contributed by atoms with E-state index in [1.54, 1.807) is 0 Å². The van der Waals surface area contributed by atoms with E-state index in [-0.39, 0.29) is 27.1 Å². The lowest BCUT2D eigenvalue weighted by atomic mass is 10.1. The number of rotatable bonds is 5. The second-order valence-corrected chi connectivity index (χ2v) is 7.97. The van der Waals surface area contributed by atoms with Gasteiger partial charge in [0, 0.05) is 26.1 Å². The maximum Gasteiger partial charge on any atom is 0.348 e. The summed E-state index contributed by atoms with van der Waals surface area (Å²) in [5.41, 5.74) is 0.363. The quantitative estimate of drug-likeness (QED) is 0.742. The minimum atomic E-state index is -3.84. The van der Waals surface area contributed by atoms with Crippen LogP contribution in [0.5, 0.6) is 5.75 Å². The number of carbonyl (C=O) groups excluding carboxylic acids is 1. The molecule has 0 saturated heterocycles. The fourth-order valence-corrected chi connectivity index (χ4v) is 3.81. The molecule has 2 rings (SSSR count). The molecule has 1 aliphatic heterocycles. The van der Waals surface area contributed by atoms with E-state index in [1.165, 1.54) is 20.2 Å². The van der Waals surface area contributed by atoms with E-state index in [2.05, 4.69) is 4.74 Å². The Bertz CT molecular complexity index is 807. The molecule has 1 atom stereocenters. The Morgan fingerprint density at radius 2 is 2.00 bits per heavy atom. The average molecular weight is 398 g/mol. The predicted octanol–water partition coefficient (Wildman–Crippen LogP) is 1.18. The van der Waals surface area contributed by atoms with Gasteiger partial charge in [-0.2, -0.15) is 0 Å². The molecular weight excluding hydrogens is 385 g/mol. The summed E-state index contributed by atoms with van der Waals surface area (Å²) in [7, 11) is -1.16. The van der Waals surface area contributed by atoms with Gasteiger partial charge in [0.1, 0.15) is 15.7 Å². The van der Waals surface area contributed by atoms with Crippen molar-refractivity contribution < 1.29 is 32.6 Å². The number of carboxylic acids is 1. The first kappa shape index (κ1) is 18.8. The van der Waals surface area contributed by atoms with Crippen molar-refractivity contribution in [3.63, 3.8) is 0 Å². The molecule has 1 aromatic rings. The fourth-order valence-electron chi connectivity index (χ4n) is 2.04. The highest BCUT2D eigenvalue weighted by Gasteiger charge is 2.36. The topological polar surface area (TPSA) is 110 Å². The summed E-state index contributed by atoms with van der Waals surface area (Å²) >= 11 is 12.1. The van der Waals surface area contributed by atoms with Crippen LogP contribution in [0.3, 0.4) is 0 Å². The lowest BCUT2D eigenvalue weighted by Crippen LogP contribution is -2.29. The standard InChI is InChI=1S/C13H13Cl2NO7S/c1-16(2)24(20,21)8-4-6-3-7(13(19)22-5-9(17)18)23-12(6)11(15)10(8)14/h4,7H,3,5H2,1-2H3,(H,17,18). The second kappa shape index (κ2) is 6.75. The van der Waals surface area contributed by atoms with Gasteiger partial charge in [0.2, 0.25) is 10.0 Å². The van der Waals surface area contributed by atoms with Gasteiger partial charge >= 0.3 is 11.9 Å². The number of benzene rings is 1. The largest absolute Gasteiger partial charge is 0.479 e. The van der Waals surface area contributed by atoms with Crippen molar-refractivity contribution >= 4 is 45.2 Å². The van der Waals surface area contributed by atoms with Crippen LogP contribution in [0.15, 0.2) is 11.0 Å². The Morgan fingerprint density at radius 3 is 2.54 bits per heavy atom. The molecule has 0 aliphatic carbocycles. The molecule has 8 nitrogen and oxygen atoms in total. The number of hydrogen-bond acceptors (Lipinski definition) is 6. The number of carboxylic acid groups (broad SMARTS) is 1. The number of nitrogens with zero attached hydrogens (tertiary/aromatic N) is 1. The van der Waals surface area contributed by atoms with E-state index >= 15 is 0 Å². The first-order valence-electron chi connectivity index (χ1n) is 6.54. The van der Waals surface area contributed by atoms with Gasteiger partial charge in [-0.3, -0.25) is 0 Å². The minimum Gasteiger partial charge on any atom is -0.479 e. The van der Waals surface area contributed by atoms with Gasteiger partial charge in [0.05, 0.1) is 5.02 Å². The SMILES string of the molecule is CN(C)S(=O)(=O)c1cc2c(c(Cl)c1Cl)OC(C(=O)OCC(=O)O)C2. The first-order chi connectivity index (χ1) is 11.1. The number of carbonyl (C=O) groups is 2. The van der Waals surface area contributed by atoms with Crippen LogP contribution in [0.25, 0.3) is 0 Å². The summed E-state index contributed by atoms with van der Waals surface area (Å²) < 4.78 is 35.5. The van der Waals surface area contributed by atoms with Crippen LogP contribution in [0, 0.1) is 0 Å². The Balaban J connectivity index is 2.35. The van der Waals surface area contributed by atoms with E-state index in [0.717, 1.165) is 4.31 Å². The van der Waals surface area contributed by atoms with Crippen molar-refractivity contribution in [2.75, 3.05) is 20.7 Å². The fraction of sp³-hybridized carbons (Fsp3) is 0.385. The highest BCUT2D eigenvalue weighted by molar-refractivity contribution is 7.89. The lowest BCUT2D eigenvalue weighted by Gasteiger charge is -2.15. The van der Waals surface area contributed by atoms with Crippen LogP contribution in [-0.2, 0) is 30.8 Å². The molecule has 1 aliphatic rings. The first-order valence-corrected chi connectivity index (χ1v) is 8.73. The summed E-state index contributed by atoms with van der Waals surface area (Å²) in [5.74, 6) is -2.12. The van der Waals surface area contributed by atoms with Crippen molar-refractivity contribution in [1.29, 1.82) is 0 Å². The van der Waals surface area contributed by atoms with E-state index < -0.39 is 34.7 Å². The number of aliphatic carboxylic acids is 1. The summed E-state index contributed by atoms with van der Waals surface area (Å²) in [4.78, 5) is 22.0. The Labute approximate surface area is 147 Å². The van der Waals surface area contributed by atoms with Gasteiger partial charge in [0.15, 0.2) is 12.7 Å². The van der Waals surface area contributed by atoms with Crippen molar-refractivity contribution in [3.05, 3.63) is 21.7 Å². The van der Waals surface area contributed by atoms with Crippen molar-refractivity contribution in [2.45, 2.75) is 17.4 Å². The lowest BCUT2D eigenvalue weighted by molar-refractivity contribution is -0.159. The molecule has 1 aromatic carbocycles. The van der Waals surface area contributed by atoms with Gasteiger partial charge in [0.25, 0.3) is 0 Å². The summed E-state index contributed by atoms with van der Waals surface area (Å²) in [6.45, 7) is -0.802. The zero-order valence-corrected chi connectivity index (χ0v) is 14.9. The molecule has 0 bridgehead atoms. The van der Waals surface area contributed by atoms with Crippen LogP contribution < -0.4 is 4.74 Å². The van der Waals surface area contributed by atoms with Gasteiger partial charge < -0.3 is 14.6 Å². The number of esters is 1. The Hall–Kier alpha value is -1.55. The molecule has 24 heavy (non-hydrogen) atoms. The Morgan fingerprint density at radius 1 is 1.38 bits per heavy atom. The predicted molar refractivity (Wildman–Crippen MR) is 84.0 cm³/mol. The van der Waals surface area contributed by atoms with Crippen LogP contribution in [-0.4, -0.2) is 56.6 Å². The van der Waals surface area contributed by atoms with E-state index in [9.17, 15) is 18.0 Å². The van der Waals surface area contributed by atoms with Gasteiger partial charge in [-0.05, 0) is 6.07 Å². The number of fused-ring (bicyclic) bond motifs is 1. The minimum absolute atomic E-state index is 0.0133. The second-order valence-electron chi connectivity index (χ2n) is 5.09. The van der Waals surface area contributed by atoms with E-state index in [0.29, 0.717) is 5.56 Å². The highest BCUT2D eigenvalue weighted by Crippen LogP contribution is 2.44. The molecule has 11 heteroatoms. The van der Waals surface area contributed by atoms with Gasteiger partial charge in [-0.15, -0.1) is 0 Å². The molecule has 1 N–H and O–H groups in total. The zero-order chi connectivity index (χ0) is 18.2. The maximum absolute atomic E-state index is 12.3. The maximum atomic E-state index is 12.3. The Kier molecular flexibility index (Phi) is 5.28. The molecule has 0 aromatic heterocycles. The number of sulfonamides is 1. The molecule has 1 unspecified atom stereocenters. The van der Waals surface area contributed by atoms with Crippen LogP contribution in [0.2, 0.25) is 10.0 Å². The summed E-state index contributed by atoms with van der Waals surface area (Å²) in [6, 6.07) is 1.28. The summed E-state index contributed by atoms with van der Waals surface area (Å²) in [5, 5.41) is 8.15. The monoisotopic (exact) mass is 397 g/mol. The molecule has 0 fully saturated rings. The third-order valence-electron chi connectivity index (χ3n) is 3.23. The van der Waals surface area contributed by atoms with Gasteiger partial charge in [-0.25, -0.2) is 22.3 Å². The number of halogens is 2. The third kappa shape index (κ3) is 3.44. The van der Waals surface area contributed by atoms with E-state index in [4.69, 9.17) is 33.0 Å². The van der Waals surface area contributed by atoms with Crippen molar-refractivity contribution in [2.24, 2.45) is 0 Å². The highest BCUT2D eigenvalue weighted by atomic mass is 35.5. The van der Waals surface area contributed by atoms with Crippen LogP contribution in [0.4, 0.5) is 0 Å². The molecule has 0 radical (unpaired) electrons. The molecular formula is C13H13Cl2NO7S. The molecule has 132 valence electrons. The molecule has 0 saturated carbocycles. The smallest absolute Gasteiger partial charge is 0.348 e. The zero-order valence-electron chi connectivity index (χ0n) is 12.6. The number of hydrogen-bond donors (Lipinski definition) is 1. The molecule has 0 spiro atoms. The van der Waals surface area contributed by atoms with Crippen LogP contribution in [0.1, 0.15) is 5.56 Å². The van der Waals surface area contributed by atoms with Gasteiger partial charge in [-0.1, -0.05) is 23.2 Å².